The molecule has 0 aliphatic carbocycles. The number of amides is 1. The van der Waals surface area contributed by atoms with E-state index >= 15 is 0 Å². The lowest BCUT2D eigenvalue weighted by Gasteiger charge is -2.12. The van der Waals surface area contributed by atoms with Crippen LogP contribution in [0.5, 0.6) is 0 Å². The zero-order valence-corrected chi connectivity index (χ0v) is 18.3. The van der Waals surface area contributed by atoms with E-state index in [4.69, 9.17) is 4.74 Å². The van der Waals surface area contributed by atoms with Crippen LogP contribution < -0.4 is 10.0 Å². The molecule has 1 fully saturated rings. The molecule has 1 heterocycles. The molecule has 2 aromatic carbocycles. The average Bonchev–Trinajstić information content (AvgIpc) is 3.04. The summed E-state index contributed by atoms with van der Waals surface area (Å²) in [4.78, 5) is 24.0. The second-order valence-corrected chi connectivity index (χ2v) is 11.2. The van der Waals surface area contributed by atoms with Crippen LogP contribution in [0.4, 0.5) is 5.69 Å². The van der Waals surface area contributed by atoms with E-state index in [1.54, 1.807) is 18.2 Å². The standard InChI is InChI=1S/C20H22N2O7S2/c1-14-4-2-6-16(10-14)22-31(27,28)18-7-3-5-15(11-18)20(24)29-12-19(23)21-17-8-9-30(25,26)13-17/h2-7,10-11,17,22H,8-9,12-13H2,1H3,(H,21,23). The van der Waals surface area contributed by atoms with Gasteiger partial charge in [0.15, 0.2) is 16.4 Å². The maximum atomic E-state index is 12.6. The highest BCUT2D eigenvalue weighted by Gasteiger charge is 2.29. The molecule has 2 N–H and O–H groups in total. The van der Waals surface area contributed by atoms with Crippen LogP contribution in [0.25, 0.3) is 0 Å². The normalized spacial score (nSPS) is 17.6. The number of nitrogens with one attached hydrogen (secondary N) is 2. The minimum absolute atomic E-state index is 0.00951. The molecule has 0 spiro atoms. The Kier molecular flexibility index (Phi) is 6.65. The van der Waals surface area contributed by atoms with Crippen LogP contribution in [0.1, 0.15) is 22.3 Å². The molecular formula is C20H22N2O7S2. The number of benzene rings is 2. The fraction of sp³-hybridized carbons (Fsp3) is 0.300. The first-order valence-electron chi connectivity index (χ1n) is 9.40. The first-order valence-corrected chi connectivity index (χ1v) is 12.7. The van der Waals surface area contributed by atoms with Crippen molar-refractivity contribution in [3.8, 4) is 0 Å². The lowest BCUT2D eigenvalue weighted by Crippen LogP contribution is -2.38. The first-order chi connectivity index (χ1) is 14.5. The first kappa shape index (κ1) is 22.8. The Hall–Kier alpha value is -2.92. The number of sulfone groups is 1. The smallest absolute Gasteiger partial charge is 0.338 e. The molecule has 0 bridgehead atoms. The summed E-state index contributed by atoms with van der Waals surface area (Å²) in [7, 11) is -7.08. The van der Waals surface area contributed by atoms with Crippen LogP contribution in [-0.2, 0) is 29.4 Å². The largest absolute Gasteiger partial charge is 0.452 e. The van der Waals surface area contributed by atoms with Crippen molar-refractivity contribution in [2.45, 2.75) is 24.3 Å². The van der Waals surface area contributed by atoms with Crippen molar-refractivity contribution in [3.05, 3.63) is 59.7 Å². The number of carbonyl (C=O) groups excluding carboxylic acids is 2. The molecule has 11 heteroatoms. The van der Waals surface area contributed by atoms with Gasteiger partial charge in [-0.05, 0) is 49.2 Å². The highest BCUT2D eigenvalue weighted by Crippen LogP contribution is 2.18. The number of carbonyl (C=O) groups is 2. The third-order valence-electron chi connectivity index (χ3n) is 4.58. The maximum Gasteiger partial charge on any atom is 0.338 e. The molecule has 1 saturated heterocycles. The number of rotatable bonds is 7. The van der Waals surface area contributed by atoms with Gasteiger partial charge in [0, 0.05) is 11.7 Å². The molecular weight excluding hydrogens is 444 g/mol. The highest BCUT2D eigenvalue weighted by atomic mass is 32.2. The summed E-state index contributed by atoms with van der Waals surface area (Å²) in [5.41, 5.74) is 1.23. The number of hydrogen-bond acceptors (Lipinski definition) is 7. The van der Waals surface area contributed by atoms with Crippen molar-refractivity contribution < 1.29 is 31.2 Å². The molecule has 1 atom stereocenters. The minimum Gasteiger partial charge on any atom is -0.452 e. The van der Waals surface area contributed by atoms with E-state index in [0.717, 1.165) is 11.6 Å². The van der Waals surface area contributed by atoms with E-state index in [0.29, 0.717) is 12.1 Å². The molecule has 31 heavy (non-hydrogen) atoms. The fourth-order valence-electron chi connectivity index (χ4n) is 3.11. The zero-order valence-electron chi connectivity index (χ0n) is 16.7. The van der Waals surface area contributed by atoms with E-state index < -0.39 is 44.4 Å². The Bertz CT molecular complexity index is 1210. The predicted molar refractivity (Wildman–Crippen MR) is 114 cm³/mol. The Morgan fingerprint density at radius 2 is 1.87 bits per heavy atom. The van der Waals surface area contributed by atoms with Crippen molar-refractivity contribution in [1.29, 1.82) is 0 Å². The summed E-state index contributed by atoms with van der Waals surface area (Å²) in [6.45, 7) is 1.23. The zero-order chi connectivity index (χ0) is 22.6. The Morgan fingerprint density at radius 3 is 2.55 bits per heavy atom. The topological polar surface area (TPSA) is 136 Å². The van der Waals surface area contributed by atoms with Gasteiger partial charge in [0.25, 0.3) is 15.9 Å². The van der Waals surface area contributed by atoms with Crippen LogP contribution in [0.3, 0.4) is 0 Å². The molecule has 0 aromatic heterocycles. The molecule has 166 valence electrons. The average molecular weight is 467 g/mol. The molecule has 3 rings (SSSR count). The highest BCUT2D eigenvalue weighted by molar-refractivity contribution is 7.92. The monoisotopic (exact) mass is 466 g/mol. The van der Waals surface area contributed by atoms with Crippen LogP contribution in [0.15, 0.2) is 53.4 Å². The van der Waals surface area contributed by atoms with Crippen molar-refractivity contribution in [2.24, 2.45) is 0 Å². The van der Waals surface area contributed by atoms with Gasteiger partial charge >= 0.3 is 5.97 Å². The molecule has 9 nitrogen and oxygen atoms in total. The summed E-state index contributed by atoms with van der Waals surface area (Å²) < 4.78 is 55.5. The lowest BCUT2D eigenvalue weighted by atomic mass is 10.2. The van der Waals surface area contributed by atoms with Gasteiger partial charge in [-0.25, -0.2) is 21.6 Å². The van der Waals surface area contributed by atoms with Crippen LogP contribution in [0.2, 0.25) is 0 Å². The third-order valence-corrected chi connectivity index (χ3v) is 7.73. The van der Waals surface area contributed by atoms with Gasteiger partial charge in [-0.1, -0.05) is 18.2 Å². The second-order valence-electron chi connectivity index (χ2n) is 7.25. The number of ether oxygens (including phenoxy) is 1. The third kappa shape index (κ3) is 6.28. The summed E-state index contributed by atoms with van der Waals surface area (Å²) >= 11 is 0. The molecule has 1 aliphatic rings. The van der Waals surface area contributed by atoms with Gasteiger partial charge in [-0.15, -0.1) is 0 Å². The SMILES string of the molecule is Cc1cccc(NS(=O)(=O)c2cccc(C(=O)OCC(=O)NC3CCS(=O)(=O)C3)c2)c1. The van der Waals surface area contributed by atoms with Crippen molar-refractivity contribution in [1.82, 2.24) is 5.32 Å². The van der Waals surface area contributed by atoms with Gasteiger partial charge in [0.05, 0.1) is 22.0 Å². The number of hydrogen-bond donors (Lipinski definition) is 2. The molecule has 0 radical (unpaired) electrons. The van der Waals surface area contributed by atoms with Crippen molar-refractivity contribution in [3.63, 3.8) is 0 Å². The molecule has 1 unspecified atom stereocenters. The van der Waals surface area contributed by atoms with E-state index in [-0.39, 0.29) is 22.0 Å². The van der Waals surface area contributed by atoms with Gasteiger partial charge in [0.1, 0.15) is 0 Å². The summed E-state index contributed by atoms with van der Waals surface area (Å²) in [6, 6.07) is 11.6. The summed E-state index contributed by atoms with van der Waals surface area (Å²) in [5, 5.41) is 2.51. The van der Waals surface area contributed by atoms with Gasteiger partial charge < -0.3 is 10.1 Å². The van der Waals surface area contributed by atoms with E-state index in [1.807, 2.05) is 13.0 Å². The van der Waals surface area contributed by atoms with Gasteiger partial charge in [0.2, 0.25) is 0 Å². The van der Waals surface area contributed by atoms with Crippen molar-refractivity contribution in [2.75, 3.05) is 22.8 Å². The van der Waals surface area contributed by atoms with Crippen LogP contribution >= 0.6 is 0 Å². The molecule has 1 aliphatic heterocycles. The number of anilines is 1. The predicted octanol–water partition coefficient (Wildman–Crippen LogP) is 1.26. The molecule has 0 saturated carbocycles. The Morgan fingerprint density at radius 1 is 1.13 bits per heavy atom. The van der Waals surface area contributed by atoms with E-state index in [2.05, 4.69) is 10.0 Å². The molecule has 1 amide bonds. The van der Waals surface area contributed by atoms with Gasteiger partial charge in [-0.3, -0.25) is 9.52 Å². The maximum absolute atomic E-state index is 12.6. The number of sulfonamides is 1. The summed E-state index contributed by atoms with van der Waals surface area (Å²) in [6.07, 6.45) is 0.315. The fourth-order valence-corrected chi connectivity index (χ4v) is 5.87. The van der Waals surface area contributed by atoms with E-state index in [9.17, 15) is 26.4 Å². The Labute approximate surface area is 180 Å². The van der Waals surface area contributed by atoms with Gasteiger partial charge in [-0.2, -0.15) is 0 Å². The van der Waals surface area contributed by atoms with Crippen LogP contribution in [-0.4, -0.2) is 52.9 Å². The van der Waals surface area contributed by atoms with Crippen molar-refractivity contribution >= 4 is 37.4 Å². The second kappa shape index (κ2) is 9.06. The van der Waals surface area contributed by atoms with E-state index in [1.165, 1.54) is 18.2 Å². The molecule has 2 aromatic rings. The van der Waals surface area contributed by atoms with Crippen LogP contribution in [0, 0.1) is 6.92 Å². The Balaban J connectivity index is 1.61. The number of aryl methyl sites for hydroxylation is 1. The number of esters is 1. The summed E-state index contributed by atoms with van der Waals surface area (Å²) in [5.74, 6) is -1.63. The quantitative estimate of drug-likeness (QED) is 0.586. The minimum atomic E-state index is -3.94. The lowest BCUT2D eigenvalue weighted by molar-refractivity contribution is -0.124.